The van der Waals surface area contributed by atoms with E-state index in [0.29, 0.717) is 45.9 Å². The van der Waals surface area contributed by atoms with Gasteiger partial charge in [0.2, 0.25) is 5.91 Å². The largest absolute Gasteiger partial charge is 0.325 e. The van der Waals surface area contributed by atoms with E-state index in [1.165, 1.54) is 6.07 Å². The minimum absolute atomic E-state index is 0.0535. The lowest BCUT2D eigenvalue weighted by atomic mass is 9.92. The molecule has 3 N–H and O–H groups in total. The molecular weight excluding hydrogens is 493 g/mol. The zero-order chi connectivity index (χ0) is 27.1. The number of carbonyl (C=O) groups is 1. The molecule has 4 aromatic heterocycles. The number of carbonyl (C=O) groups excluding carboxylic acids is 1. The van der Waals surface area contributed by atoms with Crippen LogP contribution in [0.2, 0.25) is 0 Å². The number of hydrogen-bond donors (Lipinski definition) is 3. The number of aromatic nitrogens is 6. The Kier molecular flexibility index (Phi) is 5.91. The monoisotopic (exact) mass is 519 g/mol. The first kappa shape index (κ1) is 24.4. The van der Waals surface area contributed by atoms with Gasteiger partial charge in [-0.15, -0.1) is 0 Å². The highest BCUT2D eigenvalue weighted by Gasteiger charge is 2.18. The van der Waals surface area contributed by atoms with E-state index >= 15 is 0 Å². The minimum atomic E-state index is -0.324. The van der Waals surface area contributed by atoms with Crippen molar-refractivity contribution in [2.45, 2.75) is 27.2 Å². The summed E-state index contributed by atoms with van der Waals surface area (Å²) in [6.45, 7) is 6.08. The Morgan fingerprint density at radius 3 is 2.67 bits per heavy atom. The number of halogens is 1. The molecule has 0 aliphatic heterocycles. The minimum Gasteiger partial charge on any atom is -0.325 e. The van der Waals surface area contributed by atoms with E-state index in [9.17, 15) is 9.18 Å². The van der Waals surface area contributed by atoms with Crippen molar-refractivity contribution < 1.29 is 9.18 Å². The van der Waals surface area contributed by atoms with Crippen LogP contribution in [-0.4, -0.2) is 36.0 Å². The fraction of sp³-hybridized carbons (Fsp3) is 0.167. The molecule has 0 saturated carbocycles. The number of nitrogens with one attached hydrogen (secondary N) is 3. The predicted molar refractivity (Wildman–Crippen MR) is 150 cm³/mol. The van der Waals surface area contributed by atoms with Crippen LogP contribution in [0.25, 0.3) is 55.8 Å². The molecule has 0 aliphatic carbocycles. The average molecular weight is 520 g/mol. The van der Waals surface area contributed by atoms with Crippen LogP contribution in [0.15, 0.2) is 73.2 Å². The summed E-state index contributed by atoms with van der Waals surface area (Å²) in [7, 11) is 0. The maximum atomic E-state index is 14.6. The summed E-state index contributed by atoms with van der Waals surface area (Å²) in [5, 5.41) is 11.4. The molecule has 0 spiro atoms. The van der Waals surface area contributed by atoms with Gasteiger partial charge >= 0.3 is 0 Å². The maximum Gasteiger partial charge on any atom is 0.224 e. The van der Waals surface area contributed by atoms with E-state index in [4.69, 9.17) is 4.98 Å². The number of rotatable bonds is 5. The number of aromatic amines is 2. The first-order chi connectivity index (χ1) is 18.7. The average Bonchev–Trinajstić information content (AvgIpc) is 3.51. The SMILES string of the molecule is CC(C)(C)CC(=O)Nc1cncc(-c2ccc3[nH]nc(-c4nc5c(-c6ccccc6F)ccnc5[nH]4)c3c2)c1. The fourth-order valence-corrected chi connectivity index (χ4v) is 4.65. The Morgan fingerprint density at radius 2 is 1.85 bits per heavy atom. The van der Waals surface area contributed by atoms with Crippen molar-refractivity contribution in [2.75, 3.05) is 5.32 Å². The Balaban J connectivity index is 1.37. The van der Waals surface area contributed by atoms with Crippen LogP contribution in [0.1, 0.15) is 27.2 Å². The van der Waals surface area contributed by atoms with E-state index in [2.05, 4.69) is 30.5 Å². The highest BCUT2D eigenvalue weighted by atomic mass is 19.1. The van der Waals surface area contributed by atoms with Crippen LogP contribution in [0.3, 0.4) is 0 Å². The summed E-state index contributed by atoms with van der Waals surface area (Å²) in [5.74, 6) is 0.142. The lowest BCUT2D eigenvalue weighted by Gasteiger charge is -2.17. The molecule has 0 atom stereocenters. The van der Waals surface area contributed by atoms with Crippen LogP contribution in [-0.2, 0) is 4.79 Å². The molecule has 4 heterocycles. The Morgan fingerprint density at radius 1 is 1.00 bits per heavy atom. The summed E-state index contributed by atoms with van der Waals surface area (Å²) in [6, 6.07) is 16.2. The molecule has 1 amide bonds. The van der Waals surface area contributed by atoms with Crippen molar-refractivity contribution >= 4 is 33.7 Å². The lowest BCUT2D eigenvalue weighted by molar-refractivity contribution is -0.117. The first-order valence-electron chi connectivity index (χ1n) is 12.6. The first-order valence-corrected chi connectivity index (χ1v) is 12.6. The maximum absolute atomic E-state index is 14.6. The summed E-state index contributed by atoms with van der Waals surface area (Å²) < 4.78 is 14.6. The number of nitrogens with zero attached hydrogens (tertiary/aromatic N) is 4. The highest BCUT2D eigenvalue weighted by Crippen LogP contribution is 2.33. The van der Waals surface area contributed by atoms with Gasteiger partial charge in [0.05, 0.1) is 17.4 Å². The van der Waals surface area contributed by atoms with Gasteiger partial charge in [-0.05, 0) is 41.3 Å². The van der Waals surface area contributed by atoms with Crippen molar-refractivity contribution in [3.63, 3.8) is 0 Å². The van der Waals surface area contributed by atoms with Gasteiger partial charge in [0.15, 0.2) is 11.5 Å². The van der Waals surface area contributed by atoms with Crippen LogP contribution in [0.5, 0.6) is 0 Å². The van der Waals surface area contributed by atoms with Crippen molar-refractivity contribution in [1.82, 2.24) is 30.1 Å². The zero-order valence-electron chi connectivity index (χ0n) is 21.7. The van der Waals surface area contributed by atoms with Crippen molar-refractivity contribution in [3.05, 3.63) is 79.0 Å². The molecule has 0 radical (unpaired) electrons. The smallest absolute Gasteiger partial charge is 0.224 e. The number of amides is 1. The Hall–Kier alpha value is -4.92. The molecule has 0 bridgehead atoms. The normalized spacial score (nSPS) is 11.8. The van der Waals surface area contributed by atoms with Gasteiger partial charge in [-0.25, -0.2) is 14.4 Å². The number of benzene rings is 2. The molecule has 8 nitrogen and oxygen atoms in total. The third-order valence-corrected chi connectivity index (χ3v) is 6.38. The molecule has 6 rings (SSSR count). The van der Waals surface area contributed by atoms with Gasteiger partial charge in [0.25, 0.3) is 0 Å². The second-order valence-corrected chi connectivity index (χ2v) is 10.7. The van der Waals surface area contributed by atoms with E-state index in [-0.39, 0.29) is 17.1 Å². The van der Waals surface area contributed by atoms with E-state index in [0.717, 1.165) is 22.0 Å². The Labute approximate surface area is 223 Å². The quantitative estimate of drug-likeness (QED) is 0.233. The zero-order valence-corrected chi connectivity index (χ0v) is 21.7. The molecule has 0 unspecified atom stereocenters. The van der Waals surface area contributed by atoms with Crippen LogP contribution in [0.4, 0.5) is 10.1 Å². The van der Waals surface area contributed by atoms with Crippen LogP contribution in [0, 0.1) is 11.2 Å². The molecule has 2 aromatic carbocycles. The summed E-state index contributed by atoms with van der Waals surface area (Å²) in [6.07, 6.45) is 5.44. The van der Waals surface area contributed by atoms with Crippen molar-refractivity contribution in [1.29, 1.82) is 0 Å². The number of imidazole rings is 1. The van der Waals surface area contributed by atoms with E-state index in [1.807, 2.05) is 45.0 Å². The van der Waals surface area contributed by atoms with Crippen LogP contribution >= 0.6 is 0 Å². The molecule has 6 aromatic rings. The number of H-pyrrole nitrogens is 2. The third kappa shape index (κ3) is 4.86. The molecular formula is C30H26FN7O. The fourth-order valence-electron chi connectivity index (χ4n) is 4.65. The van der Waals surface area contributed by atoms with Gasteiger partial charge in [0.1, 0.15) is 17.0 Å². The third-order valence-electron chi connectivity index (χ3n) is 6.38. The van der Waals surface area contributed by atoms with E-state index in [1.54, 1.807) is 42.9 Å². The van der Waals surface area contributed by atoms with Gasteiger partial charge in [-0.2, -0.15) is 5.10 Å². The summed E-state index contributed by atoms with van der Waals surface area (Å²) >= 11 is 0. The second-order valence-electron chi connectivity index (χ2n) is 10.7. The predicted octanol–water partition coefficient (Wildman–Crippen LogP) is 6.74. The number of anilines is 1. The van der Waals surface area contributed by atoms with Crippen LogP contribution < -0.4 is 5.32 Å². The molecule has 9 heteroatoms. The number of pyridine rings is 2. The number of hydrogen-bond acceptors (Lipinski definition) is 5. The van der Waals surface area contributed by atoms with E-state index < -0.39 is 0 Å². The van der Waals surface area contributed by atoms with Crippen molar-refractivity contribution in [2.24, 2.45) is 5.41 Å². The molecule has 39 heavy (non-hydrogen) atoms. The molecule has 0 saturated heterocycles. The van der Waals surface area contributed by atoms with Crippen molar-refractivity contribution in [3.8, 4) is 33.8 Å². The molecule has 194 valence electrons. The van der Waals surface area contributed by atoms with Gasteiger partial charge in [-0.3, -0.25) is 14.9 Å². The van der Waals surface area contributed by atoms with Gasteiger partial charge in [0, 0.05) is 40.9 Å². The lowest BCUT2D eigenvalue weighted by Crippen LogP contribution is -2.19. The highest BCUT2D eigenvalue weighted by molar-refractivity contribution is 5.98. The molecule has 0 aliphatic rings. The van der Waals surface area contributed by atoms with Gasteiger partial charge < -0.3 is 10.3 Å². The van der Waals surface area contributed by atoms with Gasteiger partial charge in [-0.1, -0.05) is 45.0 Å². The summed E-state index contributed by atoms with van der Waals surface area (Å²) in [4.78, 5) is 29.2. The topological polar surface area (TPSA) is 112 Å². The standard InChI is InChI=1S/C30H26FN7O/c1-30(2,3)14-25(39)34-19-12-18(15-32-16-19)17-8-9-24-22(13-17)27(38-37-24)29-35-26-21(10-11-33-28(26)36-29)20-6-4-5-7-23(20)31/h4-13,15-16H,14H2,1-3H3,(H,34,39)(H,37,38)(H,33,35,36). The number of fused-ring (bicyclic) bond motifs is 2. The second kappa shape index (κ2) is 9.43. The molecule has 0 fully saturated rings. The summed E-state index contributed by atoms with van der Waals surface area (Å²) in [5.41, 5.74) is 5.95. The Bertz CT molecular complexity index is 1850.